The molecular weight excluding hydrogens is 377 g/mol. The van der Waals surface area contributed by atoms with Crippen molar-refractivity contribution in [3.05, 3.63) is 56.9 Å². The van der Waals surface area contributed by atoms with Crippen LogP contribution >= 0.6 is 27.5 Å². The zero-order valence-electron chi connectivity index (χ0n) is 10.1. The molecule has 0 fully saturated rings. The molecule has 1 unspecified atom stereocenters. The van der Waals surface area contributed by atoms with Gasteiger partial charge in [0.25, 0.3) is 0 Å². The summed E-state index contributed by atoms with van der Waals surface area (Å²) in [5, 5.41) is 1.69. The molecule has 1 aliphatic heterocycles. The molecule has 2 rings (SSSR count). The fourth-order valence-electron chi connectivity index (χ4n) is 1.99. The van der Waals surface area contributed by atoms with Crippen LogP contribution in [0, 0.1) is 0 Å². The van der Waals surface area contributed by atoms with Gasteiger partial charge in [-0.15, -0.1) is 0 Å². The Morgan fingerprint density at radius 1 is 1.33 bits per heavy atom. The van der Waals surface area contributed by atoms with Crippen molar-refractivity contribution < 1.29 is 22.4 Å². The SMILES string of the molecule is O=CC1(c2c(Br)ccc(C(F)(F)F)c2Cl)NC=CC=C1F. The molecule has 1 N–H and O–H groups in total. The molecule has 0 bridgehead atoms. The first-order valence-electron chi connectivity index (χ1n) is 5.56. The quantitative estimate of drug-likeness (QED) is 0.601. The lowest BCUT2D eigenvalue weighted by molar-refractivity contribution is -0.137. The number of hydrogen-bond acceptors (Lipinski definition) is 2. The monoisotopic (exact) mass is 383 g/mol. The van der Waals surface area contributed by atoms with Crippen LogP contribution in [-0.4, -0.2) is 6.29 Å². The highest BCUT2D eigenvalue weighted by atomic mass is 79.9. The van der Waals surface area contributed by atoms with E-state index >= 15 is 0 Å². The predicted octanol–water partition coefficient (Wildman–Crippen LogP) is 4.49. The summed E-state index contributed by atoms with van der Waals surface area (Å²) in [5.41, 5.74) is -3.56. The van der Waals surface area contributed by atoms with Gasteiger partial charge in [-0.1, -0.05) is 27.5 Å². The smallest absolute Gasteiger partial charge is 0.370 e. The lowest BCUT2D eigenvalue weighted by Gasteiger charge is -2.31. The Kier molecular flexibility index (Phi) is 4.17. The highest BCUT2D eigenvalue weighted by Crippen LogP contribution is 2.45. The molecule has 0 radical (unpaired) electrons. The number of carbonyl (C=O) groups is 1. The highest BCUT2D eigenvalue weighted by Gasteiger charge is 2.44. The minimum atomic E-state index is -4.72. The Labute approximate surface area is 130 Å². The van der Waals surface area contributed by atoms with Gasteiger partial charge in [0.1, 0.15) is 5.83 Å². The summed E-state index contributed by atoms with van der Waals surface area (Å²) in [7, 11) is 0. The van der Waals surface area contributed by atoms with Crippen LogP contribution in [0.4, 0.5) is 17.6 Å². The number of rotatable bonds is 2. The molecule has 1 aromatic carbocycles. The van der Waals surface area contributed by atoms with E-state index in [4.69, 9.17) is 11.6 Å². The fourth-order valence-corrected chi connectivity index (χ4v) is 3.16. The van der Waals surface area contributed by atoms with Crippen LogP contribution in [0.2, 0.25) is 5.02 Å². The number of benzene rings is 1. The standard InChI is InChI=1S/C13H7BrClF4NO/c14-8-4-3-7(13(17,18)19)11(15)10(8)12(6-21)9(16)2-1-5-20-12/h1-6,20H. The normalized spacial score (nSPS) is 21.7. The summed E-state index contributed by atoms with van der Waals surface area (Å²) < 4.78 is 53.0. The molecule has 1 aliphatic rings. The summed E-state index contributed by atoms with van der Waals surface area (Å²) in [5.74, 6) is -0.957. The first-order valence-corrected chi connectivity index (χ1v) is 6.73. The van der Waals surface area contributed by atoms with E-state index < -0.39 is 28.1 Å². The minimum absolute atomic E-state index is 0.0824. The molecule has 1 aromatic rings. The molecular formula is C13H7BrClF4NO. The van der Waals surface area contributed by atoms with Crippen molar-refractivity contribution in [3.63, 3.8) is 0 Å². The lowest BCUT2D eigenvalue weighted by Crippen LogP contribution is -2.44. The maximum Gasteiger partial charge on any atom is 0.417 e. The molecule has 1 heterocycles. The van der Waals surface area contributed by atoms with Crippen molar-refractivity contribution in [3.8, 4) is 0 Å². The number of alkyl halides is 3. The Bertz CT molecular complexity index is 656. The van der Waals surface area contributed by atoms with Crippen molar-refractivity contribution in [2.75, 3.05) is 0 Å². The number of carbonyl (C=O) groups excluding carboxylic acids is 1. The van der Waals surface area contributed by atoms with Crippen molar-refractivity contribution in [2.24, 2.45) is 0 Å². The van der Waals surface area contributed by atoms with E-state index in [1.54, 1.807) is 0 Å². The molecule has 0 aromatic heterocycles. The van der Waals surface area contributed by atoms with Gasteiger partial charge in [0, 0.05) is 10.0 Å². The van der Waals surface area contributed by atoms with Crippen LogP contribution in [0.1, 0.15) is 11.1 Å². The molecule has 8 heteroatoms. The van der Waals surface area contributed by atoms with Crippen molar-refractivity contribution in [2.45, 2.75) is 11.7 Å². The minimum Gasteiger partial charge on any atom is -0.370 e. The molecule has 0 spiro atoms. The molecule has 2 nitrogen and oxygen atoms in total. The Hall–Kier alpha value is -1.34. The predicted molar refractivity (Wildman–Crippen MR) is 73.4 cm³/mol. The van der Waals surface area contributed by atoms with E-state index in [1.165, 1.54) is 12.3 Å². The topological polar surface area (TPSA) is 29.1 Å². The van der Waals surface area contributed by atoms with E-state index in [-0.39, 0.29) is 16.3 Å². The van der Waals surface area contributed by atoms with Crippen LogP contribution in [0.15, 0.2) is 40.8 Å². The molecule has 0 saturated heterocycles. The number of halogens is 6. The van der Waals surface area contributed by atoms with Gasteiger partial charge in [0.15, 0.2) is 11.8 Å². The number of hydrogen-bond donors (Lipinski definition) is 1. The lowest BCUT2D eigenvalue weighted by atomic mass is 9.87. The zero-order valence-corrected chi connectivity index (χ0v) is 12.5. The number of dihydropyridines is 1. The summed E-state index contributed by atoms with van der Waals surface area (Å²) in [4.78, 5) is 11.4. The van der Waals surface area contributed by atoms with Crippen LogP contribution in [0.3, 0.4) is 0 Å². The fraction of sp³-hybridized carbons (Fsp3) is 0.154. The molecule has 0 aliphatic carbocycles. The number of nitrogens with one attached hydrogen (secondary N) is 1. The maximum atomic E-state index is 14.1. The second-order valence-corrected chi connectivity index (χ2v) is 5.46. The van der Waals surface area contributed by atoms with Crippen molar-refractivity contribution >= 4 is 33.8 Å². The van der Waals surface area contributed by atoms with Gasteiger partial charge in [0.2, 0.25) is 0 Å². The Morgan fingerprint density at radius 3 is 2.52 bits per heavy atom. The Balaban J connectivity index is 2.77. The van der Waals surface area contributed by atoms with Gasteiger partial charge < -0.3 is 5.32 Å². The average Bonchev–Trinajstić information content (AvgIpc) is 2.39. The molecule has 0 amide bonds. The largest absolute Gasteiger partial charge is 0.417 e. The third-order valence-corrected chi connectivity index (χ3v) is 4.05. The van der Waals surface area contributed by atoms with Crippen LogP contribution in [0.5, 0.6) is 0 Å². The van der Waals surface area contributed by atoms with Gasteiger partial charge >= 0.3 is 6.18 Å². The summed E-state index contributed by atoms with van der Waals surface area (Å²) in [6, 6.07) is 1.83. The molecule has 112 valence electrons. The molecule has 0 saturated carbocycles. The third kappa shape index (κ3) is 2.60. The summed E-state index contributed by atoms with van der Waals surface area (Å²) in [6.45, 7) is 0. The van der Waals surface area contributed by atoms with Gasteiger partial charge in [-0.2, -0.15) is 13.2 Å². The average molecular weight is 385 g/mol. The van der Waals surface area contributed by atoms with E-state index in [2.05, 4.69) is 21.2 Å². The number of aldehydes is 1. The summed E-state index contributed by atoms with van der Waals surface area (Å²) in [6.07, 6.45) is -1.03. The van der Waals surface area contributed by atoms with Gasteiger partial charge in [0.05, 0.1) is 10.6 Å². The van der Waals surface area contributed by atoms with E-state index in [1.807, 2.05) is 0 Å². The van der Waals surface area contributed by atoms with Crippen LogP contribution < -0.4 is 5.32 Å². The van der Waals surface area contributed by atoms with Crippen LogP contribution in [-0.2, 0) is 16.5 Å². The number of allylic oxidation sites excluding steroid dienone is 2. The molecule has 21 heavy (non-hydrogen) atoms. The van der Waals surface area contributed by atoms with E-state index in [0.29, 0.717) is 0 Å². The maximum absolute atomic E-state index is 14.1. The second kappa shape index (κ2) is 5.46. The van der Waals surface area contributed by atoms with Gasteiger partial charge in [-0.25, -0.2) is 4.39 Å². The first-order chi connectivity index (χ1) is 9.74. The second-order valence-electron chi connectivity index (χ2n) is 4.23. The van der Waals surface area contributed by atoms with Crippen molar-refractivity contribution in [1.82, 2.24) is 5.32 Å². The zero-order chi connectivity index (χ0) is 15.8. The van der Waals surface area contributed by atoms with Crippen LogP contribution in [0.25, 0.3) is 0 Å². The van der Waals surface area contributed by atoms with Crippen molar-refractivity contribution in [1.29, 1.82) is 0 Å². The Morgan fingerprint density at radius 2 is 2.00 bits per heavy atom. The van der Waals surface area contributed by atoms with Gasteiger partial charge in [-0.3, -0.25) is 4.79 Å². The first kappa shape index (κ1) is 16.0. The van der Waals surface area contributed by atoms with E-state index in [0.717, 1.165) is 18.2 Å². The summed E-state index contributed by atoms with van der Waals surface area (Å²) >= 11 is 8.82. The molecule has 1 atom stereocenters. The third-order valence-electron chi connectivity index (χ3n) is 2.99. The highest BCUT2D eigenvalue weighted by molar-refractivity contribution is 9.10. The van der Waals surface area contributed by atoms with Gasteiger partial charge in [-0.05, 0) is 30.5 Å². The van der Waals surface area contributed by atoms with E-state index in [9.17, 15) is 22.4 Å².